The van der Waals surface area contributed by atoms with Gasteiger partial charge in [0.2, 0.25) is 0 Å². The number of nitrogens with zero attached hydrogens (tertiary/aromatic N) is 1. The van der Waals surface area contributed by atoms with Crippen LogP contribution in [0.4, 0.5) is 0 Å². The fourth-order valence-electron chi connectivity index (χ4n) is 2.69. The van der Waals surface area contributed by atoms with Crippen molar-refractivity contribution in [1.29, 1.82) is 0 Å². The van der Waals surface area contributed by atoms with E-state index >= 15 is 0 Å². The van der Waals surface area contributed by atoms with Crippen molar-refractivity contribution in [3.8, 4) is 11.5 Å². The van der Waals surface area contributed by atoms with E-state index in [9.17, 15) is 9.59 Å². The average Bonchev–Trinajstić information content (AvgIpc) is 2.63. The van der Waals surface area contributed by atoms with Gasteiger partial charge in [-0.25, -0.2) is 4.57 Å². The Balaban J connectivity index is 2.18. The van der Waals surface area contributed by atoms with Crippen LogP contribution in [0.5, 0.6) is 11.5 Å². The van der Waals surface area contributed by atoms with Crippen LogP contribution < -0.4 is 15.0 Å². The molecule has 0 fully saturated rings. The van der Waals surface area contributed by atoms with Crippen molar-refractivity contribution in [2.45, 2.75) is 13.8 Å². The molecule has 0 bridgehead atoms. The molecule has 3 aromatic rings. The molecule has 0 radical (unpaired) electrons. The smallest absolute Gasteiger partial charge is 0.269 e. The summed E-state index contributed by atoms with van der Waals surface area (Å²) in [5, 5.41) is 0.398. The first-order valence-electron chi connectivity index (χ1n) is 8.34. The molecule has 0 unspecified atom stereocenters. The molecule has 0 aliphatic heterocycles. The summed E-state index contributed by atoms with van der Waals surface area (Å²) >= 11 is 7.38. The highest BCUT2D eigenvalue weighted by Crippen LogP contribution is 2.24. The Morgan fingerprint density at radius 3 is 2.33 bits per heavy atom. The van der Waals surface area contributed by atoms with Crippen LogP contribution >= 0.6 is 34.8 Å². The van der Waals surface area contributed by atoms with E-state index in [1.54, 1.807) is 30.3 Å². The standard InChI is InChI=1S/C19H17IN2O4S/c1-3-25-13-7-11(8-14(10-13)26-4-2)17(23)22-18(24)15-9-12(20)5-6-16(15)21-19(22)27/h5-10H,3-4H2,1-2H3,(H,21,27). The van der Waals surface area contributed by atoms with Crippen molar-refractivity contribution >= 4 is 51.6 Å². The third-order valence-electron chi connectivity index (χ3n) is 3.81. The summed E-state index contributed by atoms with van der Waals surface area (Å²) in [6.07, 6.45) is 0. The molecular weight excluding hydrogens is 479 g/mol. The molecule has 1 N–H and O–H groups in total. The molecule has 140 valence electrons. The highest BCUT2D eigenvalue weighted by atomic mass is 127. The summed E-state index contributed by atoms with van der Waals surface area (Å²) in [7, 11) is 0. The average molecular weight is 496 g/mol. The second-order valence-electron chi connectivity index (χ2n) is 5.62. The van der Waals surface area contributed by atoms with E-state index in [2.05, 4.69) is 27.6 Å². The number of fused-ring (bicyclic) bond motifs is 1. The molecule has 1 aromatic heterocycles. The van der Waals surface area contributed by atoms with Gasteiger partial charge in [0.05, 0.1) is 24.1 Å². The quantitative estimate of drug-likeness (QED) is 0.425. The summed E-state index contributed by atoms with van der Waals surface area (Å²) in [6, 6.07) is 10.2. The van der Waals surface area contributed by atoms with Gasteiger partial charge in [0.15, 0.2) is 4.77 Å². The fraction of sp³-hybridized carbons (Fsp3) is 0.211. The van der Waals surface area contributed by atoms with Gasteiger partial charge in [0.1, 0.15) is 11.5 Å². The predicted molar refractivity (Wildman–Crippen MR) is 115 cm³/mol. The number of benzene rings is 2. The number of ether oxygens (including phenoxy) is 2. The SMILES string of the molecule is CCOc1cc(OCC)cc(C(=O)n2c(=S)[nH]c3ccc(I)cc3c2=O)c1. The molecular formula is C19H17IN2O4S. The number of H-pyrrole nitrogens is 1. The first-order chi connectivity index (χ1) is 12.9. The molecule has 0 saturated carbocycles. The van der Waals surface area contributed by atoms with E-state index in [0.29, 0.717) is 35.6 Å². The van der Waals surface area contributed by atoms with E-state index in [1.165, 1.54) is 0 Å². The van der Waals surface area contributed by atoms with Gasteiger partial charge in [-0.3, -0.25) is 9.59 Å². The molecule has 0 atom stereocenters. The number of hydrogen-bond donors (Lipinski definition) is 1. The van der Waals surface area contributed by atoms with Crippen LogP contribution in [0.15, 0.2) is 41.2 Å². The first kappa shape index (κ1) is 19.6. The van der Waals surface area contributed by atoms with E-state index in [-0.39, 0.29) is 10.3 Å². The van der Waals surface area contributed by atoms with Gasteiger partial charge in [0, 0.05) is 15.2 Å². The molecule has 1 heterocycles. The number of aromatic nitrogens is 2. The third-order valence-corrected chi connectivity index (χ3v) is 4.77. The molecule has 0 spiro atoms. The van der Waals surface area contributed by atoms with Gasteiger partial charge >= 0.3 is 0 Å². The number of nitrogens with one attached hydrogen (secondary N) is 1. The Morgan fingerprint density at radius 2 is 1.74 bits per heavy atom. The zero-order chi connectivity index (χ0) is 19.6. The van der Waals surface area contributed by atoms with Crippen LogP contribution in [-0.2, 0) is 0 Å². The molecule has 27 heavy (non-hydrogen) atoms. The van der Waals surface area contributed by atoms with Gasteiger partial charge in [-0.15, -0.1) is 0 Å². The molecule has 6 nitrogen and oxygen atoms in total. The van der Waals surface area contributed by atoms with Gasteiger partial charge in [-0.2, -0.15) is 0 Å². The topological polar surface area (TPSA) is 73.3 Å². The zero-order valence-corrected chi connectivity index (χ0v) is 17.7. The lowest BCUT2D eigenvalue weighted by atomic mass is 10.1. The molecule has 0 saturated heterocycles. The number of rotatable bonds is 5. The number of carbonyl (C=O) groups excluding carboxylic acids is 1. The largest absolute Gasteiger partial charge is 0.494 e. The van der Waals surface area contributed by atoms with Crippen molar-refractivity contribution in [2.75, 3.05) is 13.2 Å². The highest BCUT2D eigenvalue weighted by molar-refractivity contribution is 14.1. The number of carbonyl (C=O) groups is 1. The lowest BCUT2D eigenvalue weighted by Gasteiger charge is -2.12. The van der Waals surface area contributed by atoms with E-state index in [1.807, 2.05) is 19.9 Å². The third kappa shape index (κ3) is 4.06. The van der Waals surface area contributed by atoms with Crippen molar-refractivity contribution in [1.82, 2.24) is 9.55 Å². The van der Waals surface area contributed by atoms with E-state index in [4.69, 9.17) is 21.7 Å². The molecule has 0 aliphatic carbocycles. The summed E-state index contributed by atoms with van der Waals surface area (Å²) in [5.41, 5.74) is 0.389. The van der Waals surface area contributed by atoms with Gasteiger partial charge in [0.25, 0.3) is 11.5 Å². The maximum absolute atomic E-state index is 13.1. The normalized spacial score (nSPS) is 10.8. The molecule has 0 aliphatic rings. The minimum atomic E-state index is -0.537. The van der Waals surface area contributed by atoms with Crippen molar-refractivity contribution in [3.05, 3.63) is 60.7 Å². The molecule has 3 rings (SSSR count). The predicted octanol–water partition coefficient (Wildman–Crippen LogP) is 4.15. The Hall–Kier alpha value is -2.20. The Morgan fingerprint density at radius 1 is 1.11 bits per heavy atom. The van der Waals surface area contributed by atoms with E-state index < -0.39 is 11.5 Å². The number of hydrogen-bond acceptors (Lipinski definition) is 5. The summed E-state index contributed by atoms with van der Waals surface area (Å²) in [6.45, 7) is 4.58. The molecule has 8 heteroatoms. The minimum Gasteiger partial charge on any atom is -0.494 e. The van der Waals surface area contributed by atoms with Crippen LogP contribution in [0, 0.1) is 8.34 Å². The van der Waals surface area contributed by atoms with Gasteiger partial charge < -0.3 is 14.5 Å². The van der Waals surface area contributed by atoms with Gasteiger partial charge in [-0.1, -0.05) is 0 Å². The Bertz CT molecular complexity index is 1110. The molecule has 0 amide bonds. The highest BCUT2D eigenvalue weighted by Gasteiger charge is 2.17. The first-order valence-corrected chi connectivity index (χ1v) is 9.83. The van der Waals surface area contributed by atoms with Crippen LogP contribution in [0.25, 0.3) is 10.9 Å². The van der Waals surface area contributed by atoms with Crippen molar-refractivity contribution in [2.24, 2.45) is 0 Å². The fourth-order valence-corrected chi connectivity index (χ4v) is 3.46. The summed E-state index contributed by atoms with van der Waals surface area (Å²) < 4.78 is 12.9. The second-order valence-corrected chi connectivity index (χ2v) is 7.26. The van der Waals surface area contributed by atoms with E-state index in [0.717, 1.165) is 8.14 Å². The Kier molecular flexibility index (Phi) is 5.95. The Labute approximate surface area is 174 Å². The summed E-state index contributed by atoms with van der Waals surface area (Å²) in [5.74, 6) is 0.444. The monoisotopic (exact) mass is 496 g/mol. The lowest BCUT2D eigenvalue weighted by molar-refractivity contribution is 0.0952. The number of halogens is 1. The van der Waals surface area contributed by atoms with Crippen molar-refractivity contribution in [3.63, 3.8) is 0 Å². The zero-order valence-electron chi connectivity index (χ0n) is 14.7. The number of aromatic amines is 1. The molecule has 2 aromatic carbocycles. The lowest BCUT2D eigenvalue weighted by Crippen LogP contribution is -2.29. The summed E-state index contributed by atoms with van der Waals surface area (Å²) in [4.78, 5) is 29.0. The second kappa shape index (κ2) is 8.22. The van der Waals surface area contributed by atoms with Crippen LogP contribution in [-0.4, -0.2) is 28.7 Å². The van der Waals surface area contributed by atoms with Gasteiger partial charge in [-0.05, 0) is 79.0 Å². The maximum atomic E-state index is 13.1. The van der Waals surface area contributed by atoms with Crippen molar-refractivity contribution < 1.29 is 14.3 Å². The van der Waals surface area contributed by atoms with Crippen LogP contribution in [0.2, 0.25) is 0 Å². The van der Waals surface area contributed by atoms with Crippen LogP contribution in [0.1, 0.15) is 24.2 Å². The maximum Gasteiger partial charge on any atom is 0.269 e. The minimum absolute atomic E-state index is 0.0403. The van der Waals surface area contributed by atoms with Crippen LogP contribution in [0.3, 0.4) is 0 Å².